The fourth-order valence-corrected chi connectivity index (χ4v) is 2.36. The van der Waals surface area contributed by atoms with E-state index < -0.39 is 0 Å². The minimum Gasteiger partial charge on any atom is -0.330 e. The van der Waals surface area contributed by atoms with E-state index in [9.17, 15) is 9.18 Å². The molecule has 0 aliphatic heterocycles. The molecule has 0 heterocycles. The second kappa shape index (κ2) is 7.15. The predicted molar refractivity (Wildman–Crippen MR) is 79.5 cm³/mol. The number of carbonyl (C=O) groups is 1. The van der Waals surface area contributed by atoms with Gasteiger partial charge >= 0.3 is 0 Å². The first-order valence-electron chi connectivity index (χ1n) is 6.50. The molecule has 0 saturated carbocycles. The van der Waals surface area contributed by atoms with E-state index in [2.05, 4.69) is 29.8 Å². The molecule has 0 amide bonds. The zero-order chi connectivity index (χ0) is 14.5. The lowest BCUT2D eigenvalue weighted by Gasteiger charge is -2.23. The van der Waals surface area contributed by atoms with E-state index in [1.54, 1.807) is 6.07 Å². The van der Waals surface area contributed by atoms with Crippen LogP contribution >= 0.6 is 15.9 Å². The van der Waals surface area contributed by atoms with Gasteiger partial charge in [0.15, 0.2) is 0 Å². The molecule has 0 fully saturated rings. The molecule has 0 saturated heterocycles. The summed E-state index contributed by atoms with van der Waals surface area (Å²) < 4.78 is 13.9. The van der Waals surface area contributed by atoms with E-state index >= 15 is 0 Å². The number of nitrogens with two attached hydrogens (primary N) is 1. The van der Waals surface area contributed by atoms with E-state index in [1.165, 1.54) is 12.1 Å². The average Bonchev–Trinajstić information content (AvgIpc) is 2.31. The Kier molecular flexibility index (Phi) is 6.14. The van der Waals surface area contributed by atoms with Gasteiger partial charge in [0, 0.05) is 17.3 Å². The van der Waals surface area contributed by atoms with E-state index in [0.717, 1.165) is 17.3 Å². The Labute approximate surface area is 122 Å². The van der Waals surface area contributed by atoms with Crippen molar-refractivity contribution in [1.82, 2.24) is 0 Å². The standard InChI is InChI=1S/C15H21BrFNO/c1-15(2,7-8-18)6-5-13(19)10-11-9-12(17)3-4-14(11)16/h3-4,9H,5-8,10,18H2,1-2H3. The molecule has 0 aliphatic rings. The SMILES string of the molecule is CC(C)(CCN)CCC(=O)Cc1cc(F)ccc1Br. The molecular formula is C15H21BrFNO. The summed E-state index contributed by atoms with van der Waals surface area (Å²) >= 11 is 3.34. The van der Waals surface area contributed by atoms with Crippen LogP contribution in [0.3, 0.4) is 0 Å². The molecule has 0 aliphatic carbocycles. The fraction of sp³-hybridized carbons (Fsp3) is 0.533. The van der Waals surface area contributed by atoms with Crippen LogP contribution in [0.25, 0.3) is 0 Å². The number of rotatable bonds is 7. The lowest BCUT2D eigenvalue weighted by molar-refractivity contribution is -0.119. The molecule has 0 radical (unpaired) electrons. The molecule has 2 nitrogen and oxygen atoms in total. The molecule has 0 bridgehead atoms. The highest BCUT2D eigenvalue weighted by molar-refractivity contribution is 9.10. The molecular weight excluding hydrogens is 309 g/mol. The Hall–Kier alpha value is -0.740. The van der Waals surface area contributed by atoms with Gasteiger partial charge in [0.05, 0.1) is 0 Å². The molecule has 1 rings (SSSR count). The molecule has 19 heavy (non-hydrogen) atoms. The minimum atomic E-state index is -0.311. The molecule has 4 heteroatoms. The molecule has 0 aromatic heterocycles. The zero-order valence-corrected chi connectivity index (χ0v) is 13.1. The van der Waals surface area contributed by atoms with Crippen molar-refractivity contribution in [3.8, 4) is 0 Å². The maximum Gasteiger partial charge on any atom is 0.137 e. The van der Waals surface area contributed by atoms with Gasteiger partial charge in [-0.25, -0.2) is 4.39 Å². The third-order valence-electron chi connectivity index (χ3n) is 3.30. The number of ketones is 1. The van der Waals surface area contributed by atoms with Crippen molar-refractivity contribution in [1.29, 1.82) is 0 Å². The van der Waals surface area contributed by atoms with Crippen LogP contribution in [-0.2, 0) is 11.2 Å². The van der Waals surface area contributed by atoms with Gasteiger partial charge in [-0.15, -0.1) is 0 Å². The molecule has 1 aromatic rings. The summed E-state index contributed by atoms with van der Waals surface area (Å²) in [6, 6.07) is 4.42. The summed E-state index contributed by atoms with van der Waals surface area (Å²) in [6.07, 6.45) is 2.51. The topological polar surface area (TPSA) is 43.1 Å². The van der Waals surface area contributed by atoms with Crippen molar-refractivity contribution in [3.63, 3.8) is 0 Å². The van der Waals surface area contributed by atoms with Crippen LogP contribution in [0.5, 0.6) is 0 Å². The van der Waals surface area contributed by atoms with Crippen LogP contribution in [0.2, 0.25) is 0 Å². The maximum atomic E-state index is 13.1. The van der Waals surface area contributed by atoms with Crippen molar-refractivity contribution >= 4 is 21.7 Å². The Morgan fingerprint density at radius 1 is 1.37 bits per heavy atom. The number of hydrogen-bond acceptors (Lipinski definition) is 2. The number of benzene rings is 1. The van der Waals surface area contributed by atoms with Crippen molar-refractivity contribution in [2.45, 2.75) is 39.5 Å². The largest absolute Gasteiger partial charge is 0.330 e. The third kappa shape index (κ3) is 5.83. The summed E-state index contributed by atoms with van der Waals surface area (Å²) in [5.74, 6) is -0.175. The van der Waals surface area contributed by atoms with Crippen LogP contribution in [0.1, 0.15) is 38.7 Å². The van der Waals surface area contributed by atoms with Gasteiger partial charge in [-0.1, -0.05) is 29.8 Å². The Morgan fingerprint density at radius 2 is 2.05 bits per heavy atom. The van der Waals surface area contributed by atoms with Crippen LogP contribution in [-0.4, -0.2) is 12.3 Å². The Balaban J connectivity index is 2.54. The van der Waals surface area contributed by atoms with Gasteiger partial charge < -0.3 is 5.73 Å². The van der Waals surface area contributed by atoms with Crippen molar-refractivity contribution in [2.24, 2.45) is 11.1 Å². The number of carbonyl (C=O) groups excluding carboxylic acids is 1. The van der Waals surface area contributed by atoms with E-state index in [1.807, 2.05) is 0 Å². The summed E-state index contributed by atoms with van der Waals surface area (Å²) in [5, 5.41) is 0. The monoisotopic (exact) mass is 329 g/mol. The highest BCUT2D eigenvalue weighted by Gasteiger charge is 2.18. The quantitative estimate of drug-likeness (QED) is 0.825. The second-order valence-corrected chi connectivity index (χ2v) is 6.51. The first-order valence-corrected chi connectivity index (χ1v) is 7.29. The zero-order valence-electron chi connectivity index (χ0n) is 11.5. The second-order valence-electron chi connectivity index (χ2n) is 5.65. The maximum absolute atomic E-state index is 13.1. The molecule has 106 valence electrons. The lowest BCUT2D eigenvalue weighted by Crippen LogP contribution is -2.19. The first-order chi connectivity index (χ1) is 8.84. The van der Waals surface area contributed by atoms with Crippen molar-refractivity contribution < 1.29 is 9.18 Å². The Morgan fingerprint density at radius 3 is 2.68 bits per heavy atom. The first kappa shape index (κ1) is 16.3. The molecule has 0 spiro atoms. The molecule has 0 atom stereocenters. The number of Topliss-reactive ketones (excluding diaryl/α,β-unsaturated/α-hetero) is 1. The summed E-state index contributed by atoms with van der Waals surface area (Å²) in [4.78, 5) is 12.0. The van der Waals surface area contributed by atoms with Crippen LogP contribution in [0.4, 0.5) is 4.39 Å². The summed E-state index contributed by atoms with van der Waals surface area (Å²) in [5.41, 5.74) is 6.35. The molecule has 0 unspecified atom stereocenters. The predicted octanol–water partition coefficient (Wildman–Crippen LogP) is 3.86. The smallest absolute Gasteiger partial charge is 0.137 e. The molecule has 2 N–H and O–H groups in total. The van der Waals surface area contributed by atoms with Crippen LogP contribution < -0.4 is 5.73 Å². The van der Waals surface area contributed by atoms with E-state index in [-0.39, 0.29) is 23.4 Å². The third-order valence-corrected chi connectivity index (χ3v) is 4.07. The number of hydrogen-bond donors (Lipinski definition) is 1. The van der Waals surface area contributed by atoms with Crippen LogP contribution in [0, 0.1) is 11.2 Å². The normalized spacial score (nSPS) is 11.6. The Bertz CT molecular complexity index is 446. The number of halogens is 2. The fourth-order valence-electron chi connectivity index (χ4n) is 1.97. The van der Waals surface area contributed by atoms with E-state index in [0.29, 0.717) is 18.5 Å². The highest BCUT2D eigenvalue weighted by Crippen LogP contribution is 2.27. The van der Waals surface area contributed by atoms with Crippen molar-refractivity contribution in [3.05, 3.63) is 34.1 Å². The summed E-state index contributed by atoms with van der Waals surface area (Å²) in [7, 11) is 0. The highest BCUT2D eigenvalue weighted by atomic mass is 79.9. The molecule has 1 aromatic carbocycles. The minimum absolute atomic E-state index is 0.0869. The van der Waals surface area contributed by atoms with E-state index in [4.69, 9.17) is 5.73 Å². The van der Waals surface area contributed by atoms with Gasteiger partial charge in [0.25, 0.3) is 0 Å². The average molecular weight is 330 g/mol. The van der Waals surface area contributed by atoms with Crippen molar-refractivity contribution in [2.75, 3.05) is 6.54 Å². The van der Waals surface area contributed by atoms with Gasteiger partial charge in [-0.05, 0) is 48.6 Å². The summed E-state index contributed by atoms with van der Waals surface area (Å²) in [6.45, 7) is 4.87. The van der Waals surface area contributed by atoms with Gasteiger partial charge in [-0.3, -0.25) is 4.79 Å². The van der Waals surface area contributed by atoms with Gasteiger partial charge in [0.1, 0.15) is 11.6 Å². The van der Waals surface area contributed by atoms with Gasteiger partial charge in [0.2, 0.25) is 0 Å². The lowest BCUT2D eigenvalue weighted by atomic mass is 9.83. The van der Waals surface area contributed by atoms with Crippen LogP contribution in [0.15, 0.2) is 22.7 Å². The van der Waals surface area contributed by atoms with Gasteiger partial charge in [-0.2, -0.15) is 0 Å².